The minimum absolute atomic E-state index is 0.00666. The van der Waals surface area contributed by atoms with Crippen LogP contribution in [-0.4, -0.2) is 149 Å². The fraction of sp³-hybridized carbons (Fsp3) is 0.646. The Morgan fingerprint density at radius 3 is 2.07 bits per heavy atom. The summed E-state index contributed by atoms with van der Waals surface area (Å²) in [6.45, 7) is 9.26. The van der Waals surface area contributed by atoms with Crippen LogP contribution in [0.2, 0.25) is 0 Å². The molecule has 2 aliphatic heterocycles. The molecule has 1 aromatic carbocycles. The Bertz CT molecular complexity index is 2150. The van der Waals surface area contributed by atoms with Crippen LogP contribution >= 0.6 is 21.6 Å². The number of ether oxygens (including phenoxy) is 1. The van der Waals surface area contributed by atoms with E-state index in [9.17, 15) is 52.7 Å². The van der Waals surface area contributed by atoms with Crippen molar-refractivity contribution in [2.45, 2.75) is 159 Å². The molecule has 0 aromatic heterocycles. The van der Waals surface area contributed by atoms with Gasteiger partial charge in [-0.25, -0.2) is 0 Å². The van der Waals surface area contributed by atoms with Crippen molar-refractivity contribution in [3.63, 3.8) is 0 Å². The summed E-state index contributed by atoms with van der Waals surface area (Å²) in [7, 11) is 2.43. The smallest absolute Gasteiger partial charge is 0.246 e. The van der Waals surface area contributed by atoms with Gasteiger partial charge in [0.2, 0.25) is 65.0 Å². The molecule has 3 rings (SSSR count). The molecular formula is C48H76N12O12S2. The molecule has 1 aromatic rings. The molecule has 0 aliphatic carbocycles. The van der Waals surface area contributed by atoms with Crippen molar-refractivity contribution in [2.75, 3.05) is 32.0 Å². The summed E-state index contributed by atoms with van der Waals surface area (Å²) in [6, 6.07) is -2.54. The zero-order valence-electron chi connectivity index (χ0n) is 42.9. The average Bonchev–Trinajstić information content (AvgIpc) is 3.86. The molecule has 0 spiro atoms. The van der Waals surface area contributed by atoms with Crippen molar-refractivity contribution in [1.29, 1.82) is 0 Å². The van der Waals surface area contributed by atoms with Gasteiger partial charge in [-0.3, -0.25) is 52.7 Å². The molecule has 15 N–H and O–H groups in total. The summed E-state index contributed by atoms with van der Waals surface area (Å²) < 4.78 is 4.78. The maximum absolute atomic E-state index is 14.8. The Labute approximate surface area is 439 Å². The number of nitrogens with one attached hydrogen (secondary N) is 7. The molecule has 11 amide bonds. The number of nitrogens with zero attached hydrogens (tertiary/aromatic N) is 1. The quantitative estimate of drug-likeness (QED) is 0.0583. The lowest BCUT2D eigenvalue weighted by atomic mass is 9.95. The highest BCUT2D eigenvalue weighted by Crippen LogP contribution is 2.44. The largest absolute Gasteiger partial charge is 0.494 e. The second-order valence-corrected chi connectivity index (χ2v) is 21.2. The molecule has 2 fully saturated rings. The van der Waals surface area contributed by atoms with E-state index in [2.05, 4.69) is 37.2 Å². The lowest BCUT2D eigenvalue weighted by Gasteiger charge is -2.33. The number of benzene rings is 1. The first-order valence-corrected chi connectivity index (χ1v) is 27.4. The Hall–Kier alpha value is -6.15. The predicted molar refractivity (Wildman–Crippen MR) is 278 cm³/mol. The number of amides is 11. The molecular weight excluding hydrogens is 1000 g/mol. The monoisotopic (exact) mass is 1080 g/mol. The number of carbonyl (C=O) groups is 11. The number of primary amides is 3. The summed E-state index contributed by atoms with van der Waals surface area (Å²) >= 11 is 0. The van der Waals surface area contributed by atoms with E-state index >= 15 is 0 Å². The fourth-order valence-corrected chi connectivity index (χ4v) is 11.7. The number of nitrogens with two attached hydrogens (primary N) is 4. The minimum atomic E-state index is -1.74. The standard InChI is InChI=1S/C48H76N12O12S2/c1-6-27(5)40-46(70)56-31(18-19-36(50)61)42(66)57-33(23-37(51)62)43(67)58-34(47(71)60-21-11-13-35(60)45(69)55-30(12-10-20-49)41(65)53-25-38(52)63)26-73-74-48(7-2,8-3)24-39(64)54-32(44(68)59-40)22-28-14-16-29(17-15-28)72-9-4/h14-17,27,30-35,40H,6-13,18-26,49H2,1-5H3,(H2,50,61)(H2,51,62)(H2,52,63)(H,53,65)(H,54,64)(H,55,69)(H,56,70)(H,57,66)(H,58,67)(H,59,68). The normalized spacial score (nSPS) is 23.1. The lowest BCUT2D eigenvalue weighted by Crippen LogP contribution is -2.61. The SMILES string of the molecule is CCOc1ccc(CC2NC(=O)CC(CC)(CC)SSCC(C(=O)N3CCCC3C(=O)NC(CCCN)C(=O)NCC(N)=O)NC(=O)C(CC(N)=O)NC(=O)C(CCC(N)=O)NC(=O)C(C(C)CC)NC2=O)cc1. The van der Waals surface area contributed by atoms with Crippen LogP contribution in [0.3, 0.4) is 0 Å². The van der Waals surface area contributed by atoms with Gasteiger partial charge < -0.3 is 69.8 Å². The van der Waals surface area contributed by atoms with Crippen LogP contribution in [0.5, 0.6) is 5.75 Å². The summed E-state index contributed by atoms with van der Waals surface area (Å²) in [5, 5.41) is 18.4. The molecule has 2 aliphatic rings. The fourth-order valence-electron chi connectivity index (χ4n) is 8.31. The van der Waals surface area contributed by atoms with Crippen LogP contribution in [0.4, 0.5) is 0 Å². The third kappa shape index (κ3) is 19.6. The Balaban J connectivity index is 2.14. The molecule has 24 nitrogen and oxygen atoms in total. The summed E-state index contributed by atoms with van der Waals surface area (Å²) in [4.78, 5) is 150. The van der Waals surface area contributed by atoms with Gasteiger partial charge in [0.25, 0.3) is 0 Å². The summed E-state index contributed by atoms with van der Waals surface area (Å²) in [5.41, 5.74) is 22.6. The van der Waals surface area contributed by atoms with Crippen molar-refractivity contribution >= 4 is 86.6 Å². The molecule has 8 unspecified atom stereocenters. The Kier molecular flexibility index (Phi) is 26.0. The number of hydrogen-bond donors (Lipinski definition) is 11. The summed E-state index contributed by atoms with van der Waals surface area (Å²) in [6.07, 6.45) is 0.510. The molecule has 2 heterocycles. The van der Waals surface area contributed by atoms with Crippen molar-refractivity contribution in [2.24, 2.45) is 28.9 Å². The predicted octanol–water partition coefficient (Wildman–Crippen LogP) is -1.60. The van der Waals surface area contributed by atoms with Gasteiger partial charge in [-0.1, -0.05) is 67.8 Å². The third-order valence-electron chi connectivity index (χ3n) is 12.9. The molecule has 0 radical (unpaired) electrons. The van der Waals surface area contributed by atoms with Crippen LogP contribution in [0.25, 0.3) is 0 Å². The van der Waals surface area contributed by atoms with Gasteiger partial charge in [-0.2, -0.15) is 0 Å². The molecule has 74 heavy (non-hydrogen) atoms. The molecule has 0 bridgehead atoms. The van der Waals surface area contributed by atoms with Crippen LogP contribution in [0, 0.1) is 5.92 Å². The maximum Gasteiger partial charge on any atom is 0.246 e. The van der Waals surface area contributed by atoms with Crippen LogP contribution < -0.4 is 64.9 Å². The van der Waals surface area contributed by atoms with E-state index in [1.165, 1.54) is 15.7 Å². The number of likely N-dealkylation sites (tertiary alicyclic amines) is 1. The number of rotatable bonds is 22. The Morgan fingerprint density at radius 1 is 0.824 bits per heavy atom. The number of carbonyl (C=O) groups excluding carboxylic acids is 11. The zero-order valence-corrected chi connectivity index (χ0v) is 44.6. The highest BCUT2D eigenvalue weighted by atomic mass is 33.1. The first-order valence-electron chi connectivity index (χ1n) is 25.1. The first-order chi connectivity index (χ1) is 35.1. The first kappa shape index (κ1) is 62.1. The van der Waals surface area contributed by atoms with Crippen molar-refractivity contribution in [3.8, 4) is 5.75 Å². The van der Waals surface area contributed by atoms with E-state index in [1.807, 2.05) is 20.8 Å². The molecule has 0 saturated carbocycles. The second-order valence-electron chi connectivity index (χ2n) is 18.4. The molecule has 412 valence electrons. The van der Waals surface area contributed by atoms with Crippen LogP contribution in [-0.2, 0) is 59.2 Å². The lowest BCUT2D eigenvalue weighted by molar-refractivity contribution is -0.142. The van der Waals surface area contributed by atoms with Crippen LogP contribution in [0.1, 0.15) is 111 Å². The van der Waals surface area contributed by atoms with E-state index in [-0.39, 0.29) is 50.9 Å². The van der Waals surface area contributed by atoms with Crippen molar-refractivity contribution in [3.05, 3.63) is 29.8 Å². The highest BCUT2D eigenvalue weighted by Gasteiger charge is 2.42. The van der Waals surface area contributed by atoms with E-state index in [1.54, 1.807) is 38.1 Å². The third-order valence-corrected chi connectivity index (χ3v) is 16.4. The Morgan fingerprint density at radius 2 is 1.47 bits per heavy atom. The van der Waals surface area contributed by atoms with E-state index in [0.29, 0.717) is 50.0 Å². The van der Waals surface area contributed by atoms with Gasteiger partial charge in [0.15, 0.2) is 0 Å². The number of hydrogen-bond acceptors (Lipinski definition) is 15. The molecule has 2 saturated heterocycles. The highest BCUT2D eigenvalue weighted by molar-refractivity contribution is 8.77. The molecule has 26 heteroatoms. The van der Waals surface area contributed by atoms with E-state index in [4.69, 9.17) is 27.7 Å². The van der Waals surface area contributed by atoms with E-state index in [0.717, 1.165) is 10.8 Å². The van der Waals surface area contributed by atoms with Gasteiger partial charge >= 0.3 is 0 Å². The van der Waals surface area contributed by atoms with Gasteiger partial charge in [-0.05, 0) is 82.0 Å². The topological polar surface area (TPSA) is 389 Å². The van der Waals surface area contributed by atoms with Gasteiger partial charge in [0.05, 0.1) is 19.6 Å². The van der Waals surface area contributed by atoms with E-state index < -0.39 is 137 Å². The van der Waals surface area contributed by atoms with Gasteiger partial charge in [0, 0.05) is 36.3 Å². The molecule has 8 atom stereocenters. The van der Waals surface area contributed by atoms with Crippen molar-refractivity contribution < 1.29 is 57.5 Å². The average molecular weight is 1080 g/mol. The van der Waals surface area contributed by atoms with Gasteiger partial charge in [-0.15, -0.1) is 0 Å². The van der Waals surface area contributed by atoms with Gasteiger partial charge in [0.1, 0.15) is 48.0 Å². The van der Waals surface area contributed by atoms with Crippen LogP contribution in [0.15, 0.2) is 24.3 Å². The second kappa shape index (κ2) is 30.9. The summed E-state index contributed by atoms with van der Waals surface area (Å²) in [5.74, 6) is -9.02. The van der Waals surface area contributed by atoms with Crippen molar-refractivity contribution in [1.82, 2.24) is 42.1 Å². The minimum Gasteiger partial charge on any atom is -0.494 e. The zero-order chi connectivity index (χ0) is 55.1. The maximum atomic E-state index is 14.8.